The van der Waals surface area contributed by atoms with Crippen molar-refractivity contribution in [3.8, 4) is 0 Å². The Morgan fingerprint density at radius 3 is 1.76 bits per heavy atom. The van der Waals surface area contributed by atoms with Gasteiger partial charge in [-0.25, -0.2) is 0 Å². The summed E-state index contributed by atoms with van der Waals surface area (Å²) in [6.45, 7) is 19.3. The van der Waals surface area contributed by atoms with Gasteiger partial charge in [0.05, 0.1) is 0 Å². The molecule has 1 aliphatic heterocycles. The number of nitrogens with two attached hydrogens (primary N) is 1. The van der Waals surface area contributed by atoms with Gasteiger partial charge >= 0.3 is 0 Å². The summed E-state index contributed by atoms with van der Waals surface area (Å²) in [4.78, 5) is 2.52. The first-order valence-corrected chi connectivity index (χ1v) is 8.14. The van der Waals surface area contributed by atoms with Crippen molar-refractivity contribution in [2.75, 3.05) is 18.8 Å². The molecule has 1 saturated heterocycles. The average molecular weight is 288 g/mol. The third-order valence-electron chi connectivity index (χ3n) is 4.40. The molecule has 1 aliphatic rings. The molecule has 1 aromatic rings. The Labute approximate surface area is 130 Å². The normalized spacial score (nSPS) is 17.9. The minimum absolute atomic E-state index is 0.0856. The van der Waals surface area contributed by atoms with E-state index in [1.54, 1.807) is 0 Å². The average Bonchev–Trinajstić information content (AvgIpc) is 2.26. The zero-order chi connectivity index (χ0) is 16.0. The highest BCUT2D eigenvalue weighted by Gasteiger charge is 2.27. The highest BCUT2D eigenvalue weighted by Crippen LogP contribution is 2.37. The van der Waals surface area contributed by atoms with E-state index in [4.69, 9.17) is 5.73 Å². The molecule has 2 nitrogen and oxygen atoms in total. The second-order valence-corrected chi connectivity index (χ2v) is 8.90. The Morgan fingerprint density at radius 2 is 1.43 bits per heavy atom. The molecule has 1 heterocycles. The third-order valence-corrected chi connectivity index (χ3v) is 4.40. The van der Waals surface area contributed by atoms with Crippen molar-refractivity contribution in [1.82, 2.24) is 4.90 Å². The van der Waals surface area contributed by atoms with Gasteiger partial charge in [0.25, 0.3) is 0 Å². The second-order valence-electron chi connectivity index (χ2n) is 8.90. The van der Waals surface area contributed by atoms with Crippen molar-refractivity contribution >= 4 is 5.69 Å². The Bertz CT molecular complexity index is 476. The summed E-state index contributed by atoms with van der Waals surface area (Å²) in [6.07, 6.45) is 0. The molecule has 0 amide bonds. The lowest BCUT2D eigenvalue weighted by atomic mass is 9.77. The van der Waals surface area contributed by atoms with Crippen LogP contribution in [-0.2, 0) is 17.4 Å². The SMILES string of the molecule is CC1CN(Cc2cc(C(C)(C)C)c(N)c(C(C)(C)C)c2)C1. The van der Waals surface area contributed by atoms with Crippen LogP contribution in [0.15, 0.2) is 12.1 Å². The van der Waals surface area contributed by atoms with Crippen LogP contribution in [0, 0.1) is 5.92 Å². The number of benzene rings is 1. The van der Waals surface area contributed by atoms with Crippen molar-refractivity contribution in [3.05, 3.63) is 28.8 Å². The number of nitrogen functional groups attached to an aromatic ring is 1. The fraction of sp³-hybridized carbons (Fsp3) is 0.684. The van der Waals surface area contributed by atoms with Crippen molar-refractivity contribution in [2.24, 2.45) is 5.92 Å². The van der Waals surface area contributed by atoms with Gasteiger partial charge in [0, 0.05) is 25.3 Å². The van der Waals surface area contributed by atoms with Gasteiger partial charge < -0.3 is 5.73 Å². The van der Waals surface area contributed by atoms with Crippen LogP contribution in [0.4, 0.5) is 5.69 Å². The van der Waals surface area contributed by atoms with Gasteiger partial charge in [-0.2, -0.15) is 0 Å². The van der Waals surface area contributed by atoms with Crippen LogP contribution in [0.1, 0.15) is 65.2 Å². The molecule has 2 heteroatoms. The number of hydrogen-bond donors (Lipinski definition) is 1. The molecule has 2 rings (SSSR count). The summed E-state index contributed by atoms with van der Waals surface area (Å²) < 4.78 is 0. The molecule has 1 fully saturated rings. The zero-order valence-electron chi connectivity index (χ0n) is 14.9. The first kappa shape index (κ1) is 16.4. The Kier molecular flexibility index (Phi) is 4.14. The molecule has 0 radical (unpaired) electrons. The van der Waals surface area contributed by atoms with Crippen LogP contribution in [0.25, 0.3) is 0 Å². The van der Waals surface area contributed by atoms with E-state index in [0.717, 1.165) is 18.2 Å². The Hall–Kier alpha value is -1.02. The standard InChI is InChI=1S/C19H32N2/c1-13-10-21(11-13)12-14-8-15(18(2,3)4)17(20)16(9-14)19(5,6)7/h8-9,13H,10-12,20H2,1-7H3. The summed E-state index contributed by atoms with van der Waals surface area (Å²) >= 11 is 0. The van der Waals surface area contributed by atoms with Crippen LogP contribution >= 0.6 is 0 Å². The molecule has 21 heavy (non-hydrogen) atoms. The number of nitrogens with zero attached hydrogens (tertiary/aromatic N) is 1. The lowest BCUT2D eigenvalue weighted by molar-refractivity contribution is 0.105. The van der Waals surface area contributed by atoms with Crippen molar-refractivity contribution < 1.29 is 0 Å². The van der Waals surface area contributed by atoms with Gasteiger partial charge in [-0.1, -0.05) is 60.6 Å². The van der Waals surface area contributed by atoms with E-state index in [0.29, 0.717) is 0 Å². The molecule has 0 saturated carbocycles. The Morgan fingerprint density at radius 1 is 1.00 bits per heavy atom. The predicted octanol–water partition coefficient (Wildman–Crippen LogP) is 4.32. The number of likely N-dealkylation sites (tertiary alicyclic amines) is 1. The van der Waals surface area contributed by atoms with Gasteiger partial charge in [-0.3, -0.25) is 4.90 Å². The molecular formula is C19H32N2. The van der Waals surface area contributed by atoms with Crippen molar-refractivity contribution in [1.29, 1.82) is 0 Å². The fourth-order valence-electron chi connectivity index (χ4n) is 3.26. The topological polar surface area (TPSA) is 29.3 Å². The summed E-state index contributed by atoms with van der Waals surface area (Å²) in [5.74, 6) is 0.850. The van der Waals surface area contributed by atoms with Gasteiger partial charge in [-0.05, 0) is 33.4 Å². The van der Waals surface area contributed by atoms with E-state index in [2.05, 4.69) is 65.5 Å². The van der Waals surface area contributed by atoms with Crippen LogP contribution in [0.3, 0.4) is 0 Å². The molecule has 118 valence electrons. The van der Waals surface area contributed by atoms with Gasteiger partial charge in [-0.15, -0.1) is 0 Å². The van der Waals surface area contributed by atoms with Crippen LogP contribution in [-0.4, -0.2) is 18.0 Å². The highest BCUT2D eigenvalue weighted by atomic mass is 15.2. The van der Waals surface area contributed by atoms with E-state index in [1.807, 2.05) is 0 Å². The first-order chi connectivity index (χ1) is 9.48. The highest BCUT2D eigenvalue weighted by molar-refractivity contribution is 5.60. The molecule has 0 unspecified atom stereocenters. The fourth-order valence-corrected chi connectivity index (χ4v) is 3.26. The number of anilines is 1. The number of rotatable bonds is 2. The van der Waals surface area contributed by atoms with Crippen molar-refractivity contribution in [3.63, 3.8) is 0 Å². The maximum atomic E-state index is 6.51. The lowest BCUT2D eigenvalue weighted by Gasteiger charge is -2.38. The first-order valence-electron chi connectivity index (χ1n) is 8.14. The summed E-state index contributed by atoms with van der Waals surface area (Å²) in [5, 5.41) is 0. The minimum atomic E-state index is 0.0856. The molecule has 0 atom stereocenters. The largest absolute Gasteiger partial charge is 0.398 e. The molecule has 0 aliphatic carbocycles. The van der Waals surface area contributed by atoms with Crippen molar-refractivity contribution in [2.45, 2.75) is 65.8 Å². The molecular weight excluding hydrogens is 256 g/mol. The van der Waals surface area contributed by atoms with E-state index >= 15 is 0 Å². The van der Waals surface area contributed by atoms with E-state index in [-0.39, 0.29) is 10.8 Å². The maximum absolute atomic E-state index is 6.51. The Balaban J connectivity index is 2.41. The van der Waals surface area contributed by atoms with E-state index < -0.39 is 0 Å². The minimum Gasteiger partial charge on any atom is -0.398 e. The van der Waals surface area contributed by atoms with Crippen LogP contribution in [0.2, 0.25) is 0 Å². The van der Waals surface area contributed by atoms with Gasteiger partial charge in [0.2, 0.25) is 0 Å². The van der Waals surface area contributed by atoms with E-state index in [9.17, 15) is 0 Å². The maximum Gasteiger partial charge on any atom is 0.0390 e. The molecule has 0 bridgehead atoms. The summed E-state index contributed by atoms with van der Waals surface area (Å²) in [6, 6.07) is 4.65. The number of hydrogen-bond acceptors (Lipinski definition) is 2. The van der Waals surface area contributed by atoms with Gasteiger partial charge in [0.1, 0.15) is 0 Å². The zero-order valence-corrected chi connectivity index (χ0v) is 14.9. The summed E-state index contributed by atoms with van der Waals surface area (Å²) in [5.41, 5.74) is 11.7. The monoisotopic (exact) mass is 288 g/mol. The van der Waals surface area contributed by atoms with Gasteiger partial charge in [0.15, 0.2) is 0 Å². The smallest absolute Gasteiger partial charge is 0.0390 e. The predicted molar refractivity (Wildman–Crippen MR) is 92.7 cm³/mol. The summed E-state index contributed by atoms with van der Waals surface area (Å²) in [7, 11) is 0. The second kappa shape index (κ2) is 5.31. The third kappa shape index (κ3) is 3.60. The quantitative estimate of drug-likeness (QED) is 0.821. The lowest BCUT2D eigenvalue weighted by Crippen LogP contribution is -2.44. The molecule has 1 aromatic carbocycles. The van der Waals surface area contributed by atoms with E-state index in [1.165, 1.54) is 29.8 Å². The molecule has 0 aromatic heterocycles. The molecule has 2 N–H and O–H groups in total. The molecule has 0 spiro atoms. The van der Waals surface area contributed by atoms with Crippen LogP contribution in [0.5, 0.6) is 0 Å². The van der Waals surface area contributed by atoms with Crippen LogP contribution < -0.4 is 5.73 Å².